The fourth-order valence-corrected chi connectivity index (χ4v) is 2.57. The van der Waals surface area contributed by atoms with Gasteiger partial charge in [-0.25, -0.2) is 0 Å². The quantitative estimate of drug-likeness (QED) is 0.825. The fourth-order valence-electron chi connectivity index (χ4n) is 2.19. The summed E-state index contributed by atoms with van der Waals surface area (Å²) in [5.41, 5.74) is 4.69. The molecule has 1 N–H and O–H groups in total. The SMILES string of the molecule is COc1cc(C)ccc1C(C)Nc1ccc(C)c(Br)c1. The first-order chi connectivity index (χ1) is 9.51. The van der Waals surface area contributed by atoms with E-state index in [2.05, 4.69) is 78.4 Å². The smallest absolute Gasteiger partial charge is 0.124 e. The Morgan fingerprint density at radius 1 is 1.10 bits per heavy atom. The maximum Gasteiger partial charge on any atom is 0.124 e. The van der Waals surface area contributed by atoms with Crippen molar-refractivity contribution in [3.63, 3.8) is 0 Å². The molecule has 2 aromatic carbocycles. The molecule has 0 amide bonds. The fraction of sp³-hybridized carbons (Fsp3) is 0.294. The van der Waals surface area contributed by atoms with Gasteiger partial charge in [0.2, 0.25) is 0 Å². The number of anilines is 1. The minimum atomic E-state index is 0.181. The Kier molecular flexibility index (Phi) is 4.71. The molecule has 106 valence electrons. The Morgan fingerprint density at radius 2 is 1.85 bits per heavy atom. The third-order valence-electron chi connectivity index (χ3n) is 3.41. The van der Waals surface area contributed by atoms with Crippen LogP contribution in [0.5, 0.6) is 5.75 Å². The minimum absolute atomic E-state index is 0.181. The molecule has 1 unspecified atom stereocenters. The average molecular weight is 334 g/mol. The van der Waals surface area contributed by atoms with Crippen LogP contribution < -0.4 is 10.1 Å². The van der Waals surface area contributed by atoms with Crippen molar-refractivity contribution in [3.8, 4) is 5.75 Å². The first kappa shape index (κ1) is 14.9. The number of methoxy groups -OCH3 is 1. The monoisotopic (exact) mass is 333 g/mol. The molecule has 0 aliphatic rings. The number of halogens is 1. The molecule has 2 nitrogen and oxygen atoms in total. The first-order valence-corrected chi connectivity index (χ1v) is 7.48. The van der Waals surface area contributed by atoms with Crippen LogP contribution in [0, 0.1) is 13.8 Å². The molecular formula is C17H20BrNO. The number of hydrogen-bond donors (Lipinski definition) is 1. The minimum Gasteiger partial charge on any atom is -0.496 e. The molecule has 1 atom stereocenters. The molecule has 0 aliphatic carbocycles. The van der Waals surface area contributed by atoms with Gasteiger partial charge in [0.1, 0.15) is 5.75 Å². The van der Waals surface area contributed by atoms with Crippen molar-refractivity contribution in [2.24, 2.45) is 0 Å². The number of ether oxygens (including phenoxy) is 1. The van der Waals surface area contributed by atoms with Gasteiger partial charge in [-0.15, -0.1) is 0 Å². The third-order valence-corrected chi connectivity index (χ3v) is 4.26. The highest BCUT2D eigenvalue weighted by Crippen LogP contribution is 2.30. The lowest BCUT2D eigenvalue weighted by atomic mass is 10.0. The van der Waals surface area contributed by atoms with Crippen LogP contribution in [-0.4, -0.2) is 7.11 Å². The molecule has 2 rings (SSSR count). The van der Waals surface area contributed by atoms with E-state index in [0.29, 0.717) is 0 Å². The Hall–Kier alpha value is -1.48. The van der Waals surface area contributed by atoms with Crippen LogP contribution >= 0.6 is 15.9 Å². The lowest BCUT2D eigenvalue weighted by molar-refractivity contribution is 0.407. The zero-order valence-corrected chi connectivity index (χ0v) is 13.9. The Balaban J connectivity index is 2.23. The van der Waals surface area contributed by atoms with E-state index < -0.39 is 0 Å². The largest absolute Gasteiger partial charge is 0.496 e. The molecule has 0 saturated heterocycles. The predicted octanol–water partition coefficient (Wildman–Crippen LogP) is 5.25. The molecular weight excluding hydrogens is 314 g/mol. The second-order valence-electron chi connectivity index (χ2n) is 5.08. The van der Waals surface area contributed by atoms with Gasteiger partial charge >= 0.3 is 0 Å². The molecule has 0 bridgehead atoms. The van der Waals surface area contributed by atoms with Crippen molar-refractivity contribution in [1.82, 2.24) is 0 Å². The zero-order chi connectivity index (χ0) is 14.7. The van der Waals surface area contributed by atoms with Gasteiger partial charge in [0.15, 0.2) is 0 Å². The standard InChI is InChI=1S/C17H20BrNO/c1-11-5-8-15(17(9-11)20-4)13(3)19-14-7-6-12(2)16(18)10-14/h5-10,13,19H,1-4H3. The molecule has 0 spiro atoms. The highest BCUT2D eigenvalue weighted by molar-refractivity contribution is 9.10. The number of aryl methyl sites for hydroxylation is 2. The first-order valence-electron chi connectivity index (χ1n) is 6.68. The Labute approximate surface area is 129 Å². The second-order valence-corrected chi connectivity index (χ2v) is 5.93. The normalized spacial score (nSPS) is 12.1. The Morgan fingerprint density at radius 3 is 2.50 bits per heavy atom. The molecule has 20 heavy (non-hydrogen) atoms. The maximum absolute atomic E-state index is 5.48. The van der Waals surface area contributed by atoms with Crippen LogP contribution in [-0.2, 0) is 0 Å². The maximum atomic E-state index is 5.48. The van der Waals surface area contributed by atoms with E-state index in [1.165, 1.54) is 11.1 Å². The summed E-state index contributed by atoms with van der Waals surface area (Å²) >= 11 is 3.57. The number of rotatable bonds is 4. The highest BCUT2D eigenvalue weighted by atomic mass is 79.9. The number of benzene rings is 2. The predicted molar refractivity (Wildman–Crippen MR) is 88.6 cm³/mol. The van der Waals surface area contributed by atoms with Gasteiger partial charge in [0.25, 0.3) is 0 Å². The van der Waals surface area contributed by atoms with Crippen LogP contribution in [0.1, 0.15) is 29.7 Å². The van der Waals surface area contributed by atoms with Crippen molar-refractivity contribution >= 4 is 21.6 Å². The van der Waals surface area contributed by atoms with Crippen molar-refractivity contribution in [2.75, 3.05) is 12.4 Å². The molecule has 0 saturated carbocycles. The van der Waals surface area contributed by atoms with Gasteiger partial charge < -0.3 is 10.1 Å². The zero-order valence-electron chi connectivity index (χ0n) is 12.3. The lowest BCUT2D eigenvalue weighted by Gasteiger charge is -2.19. The Bertz CT molecular complexity index is 610. The lowest BCUT2D eigenvalue weighted by Crippen LogP contribution is -2.08. The van der Waals surface area contributed by atoms with E-state index in [1.807, 2.05) is 0 Å². The third kappa shape index (κ3) is 3.34. The van der Waals surface area contributed by atoms with E-state index in [1.54, 1.807) is 7.11 Å². The van der Waals surface area contributed by atoms with Crippen LogP contribution in [0.4, 0.5) is 5.69 Å². The molecule has 3 heteroatoms. The van der Waals surface area contributed by atoms with Gasteiger partial charge in [-0.2, -0.15) is 0 Å². The van der Waals surface area contributed by atoms with E-state index in [-0.39, 0.29) is 6.04 Å². The summed E-state index contributed by atoms with van der Waals surface area (Å²) in [7, 11) is 1.72. The van der Waals surface area contributed by atoms with Crippen LogP contribution in [0.2, 0.25) is 0 Å². The van der Waals surface area contributed by atoms with E-state index in [4.69, 9.17) is 4.74 Å². The summed E-state index contributed by atoms with van der Waals surface area (Å²) in [4.78, 5) is 0. The van der Waals surface area contributed by atoms with Crippen molar-refractivity contribution < 1.29 is 4.74 Å². The second kappa shape index (κ2) is 6.31. The summed E-state index contributed by atoms with van der Waals surface area (Å²) in [5.74, 6) is 0.927. The van der Waals surface area contributed by atoms with Gasteiger partial charge in [-0.1, -0.05) is 34.1 Å². The van der Waals surface area contributed by atoms with Crippen molar-refractivity contribution in [2.45, 2.75) is 26.8 Å². The van der Waals surface area contributed by atoms with E-state index in [0.717, 1.165) is 21.5 Å². The van der Waals surface area contributed by atoms with E-state index in [9.17, 15) is 0 Å². The summed E-state index contributed by atoms with van der Waals surface area (Å²) in [6.45, 7) is 6.29. The molecule has 0 fully saturated rings. The number of hydrogen-bond acceptors (Lipinski definition) is 2. The molecule has 0 aromatic heterocycles. The van der Waals surface area contributed by atoms with Crippen LogP contribution in [0.3, 0.4) is 0 Å². The highest BCUT2D eigenvalue weighted by Gasteiger charge is 2.11. The van der Waals surface area contributed by atoms with Crippen molar-refractivity contribution in [3.05, 3.63) is 57.6 Å². The summed E-state index contributed by atoms with van der Waals surface area (Å²) in [6.07, 6.45) is 0. The van der Waals surface area contributed by atoms with Crippen LogP contribution in [0.15, 0.2) is 40.9 Å². The van der Waals surface area contributed by atoms with Crippen molar-refractivity contribution in [1.29, 1.82) is 0 Å². The van der Waals surface area contributed by atoms with E-state index >= 15 is 0 Å². The number of nitrogens with one attached hydrogen (secondary N) is 1. The van der Waals surface area contributed by atoms with Crippen LogP contribution in [0.25, 0.3) is 0 Å². The molecule has 0 radical (unpaired) electrons. The van der Waals surface area contributed by atoms with Gasteiger partial charge in [0.05, 0.1) is 13.2 Å². The summed E-state index contributed by atoms with van der Waals surface area (Å²) in [5, 5.41) is 3.51. The molecule has 0 heterocycles. The molecule has 0 aliphatic heterocycles. The summed E-state index contributed by atoms with van der Waals surface area (Å²) < 4.78 is 6.59. The average Bonchev–Trinajstić information content (AvgIpc) is 2.42. The van der Waals surface area contributed by atoms with Gasteiger partial charge in [-0.05, 0) is 50.1 Å². The van der Waals surface area contributed by atoms with Gasteiger partial charge in [0, 0.05) is 15.7 Å². The topological polar surface area (TPSA) is 21.3 Å². The summed E-state index contributed by atoms with van der Waals surface area (Å²) in [6, 6.07) is 12.8. The molecule has 2 aromatic rings. The van der Waals surface area contributed by atoms with Gasteiger partial charge in [-0.3, -0.25) is 0 Å².